The van der Waals surface area contributed by atoms with Crippen LogP contribution in [0.2, 0.25) is 0 Å². The number of carbonyl (C=O) groups excluding carboxylic acids is 3. The number of fused-ring (bicyclic) bond motifs is 1. The molecule has 0 unspecified atom stereocenters. The van der Waals surface area contributed by atoms with Crippen LogP contribution in [-0.4, -0.2) is 52.5 Å². The summed E-state index contributed by atoms with van der Waals surface area (Å²) in [6, 6.07) is 5.59. The summed E-state index contributed by atoms with van der Waals surface area (Å²) < 4.78 is 0. The molecule has 0 saturated heterocycles. The second kappa shape index (κ2) is 8.45. The number of aromatic amines is 1. The minimum Gasteiger partial charge on any atom is -0.391 e. The number of hydrogen-bond acceptors (Lipinski definition) is 5. The number of aliphatic hydroxyl groups is 1. The van der Waals surface area contributed by atoms with Crippen molar-refractivity contribution in [2.24, 2.45) is 11.5 Å². The Kier molecular flexibility index (Phi) is 6.31. The van der Waals surface area contributed by atoms with Gasteiger partial charge in [-0.1, -0.05) is 18.2 Å². The number of benzene rings is 1. The van der Waals surface area contributed by atoms with Gasteiger partial charge in [-0.3, -0.25) is 14.4 Å². The molecule has 2 aromatic rings. The summed E-state index contributed by atoms with van der Waals surface area (Å²) in [5.74, 6) is -2.02. The van der Waals surface area contributed by atoms with Crippen LogP contribution < -0.4 is 22.1 Å². The highest BCUT2D eigenvalue weighted by Gasteiger charge is 2.23. The van der Waals surface area contributed by atoms with E-state index >= 15 is 0 Å². The van der Waals surface area contributed by atoms with Gasteiger partial charge < -0.3 is 32.2 Å². The Bertz CT molecular complexity index is 801. The van der Waals surface area contributed by atoms with Crippen LogP contribution in [0.4, 0.5) is 0 Å². The van der Waals surface area contributed by atoms with Gasteiger partial charge in [0.05, 0.1) is 18.7 Å². The summed E-state index contributed by atoms with van der Waals surface area (Å²) in [5.41, 5.74) is 12.8. The van der Waals surface area contributed by atoms with Crippen LogP contribution in [-0.2, 0) is 20.8 Å². The zero-order chi connectivity index (χ0) is 19.3. The number of nitrogens with two attached hydrogens (primary N) is 2. The summed E-state index contributed by atoms with van der Waals surface area (Å²) in [6.07, 6.45) is 0.955. The van der Waals surface area contributed by atoms with Gasteiger partial charge >= 0.3 is 0 Å². The maximum Gasteiger partial charge on any atom is 0.242 e. The molecule has 1 heterocycles. The largest absolute Gasteiger partial charge is 0.391 e. The minimum absolute atomic E-state index is 0.301. The van der Waals surface area contributed by atoms with Crippen LogP contribution in [0.5, 0.6) is 0 Å². The van der Waals surface area contributed by atoms with E-state index in [1.165, 1.54) is 6.92 Å². The van der Waals surface area contributed by atoms with Gasteiger partial charge in [0.15, 0.2) is 0 Å². The predicted molar refractivity (Wildman–Crippen MR) is 95.8 cm³/mol. The molecule has 0 radical (unpaired) electrons. The van der Waals surface area contributed by atoms with Gasteiger partial charge in [-0.05, 0) is 25.0 Å². The molecule has 0 aliphatic heterocycles. The average molecular weight is 361 g/mol. The number of carbonyl (C=O) groups is 3. The number of amides is 3. The lowest BCUT2D eigenvalue weighted by atomic mass is 10.1. The van der Waals surface area contributed by atoms with Crippen LogP contribution in [0.15, 0.2) is 30.5 Å². The van der Waals surface area contributed by atoms with E-state index in [0.29, 0.717) is 6.42 Å². The predicted octanol–water partition coefficient (Wildman–Crippen LogP) is -1.50. The lowest BCUT2D eigenvalue weighted by Gasteiger charge is -2.18. The van der Waals surface area contributed by atoms with Crippen LogP contribution in [0.3, 0.4) is 0 Å². The van der Waals surface area contributed by atoms with Crippen molar-refractivity contribution in [3.63, 3.8) is 0 Å². The molecule has 1 aromatic heterocycles. The van der Waals surface area contributed by atoms with Gasteiger partial charge in [0.25, 0.3) is 0 Å². The quantitative estimate of drug-likeness (QED) is 0.337. The number of rotatable bonds is 8. The maximum atomic E-state index is 12.1. The highest BCUT2D eigenvalue weighted by Crippen LogP contribution is 2.18. The number of nitrogens with one attached hydrogen (secondary N) is 3. The standard InChI is InChI=1S/C17H23N5O4/c1-9(23)15(16(19)25)22-14(24)8-21-17(26)12(18)6-10-7-20-13-5-3-2-4-11(10)13/h2-5,7,9,12,15,20,23H,6,8,18H2,1H3,(H2,19,25)(H,21,26)(H,22,24)/t9-,12+,15+/m1/s1. The van der Waals surface area contributed by atoms with Crippen molar-refractivity contribution < 1.29 is 19.5 Å². The topological polar surface area (TPSA) is 163 Å². The van der Waals surface area contributed by atoms with E-state index in [1.54, 1.807) is 6.20 Å². The normalized spacial score (nSPS) is 14.4. The molecule has 1 aromatic carbocycles. The zero-order valence-corrected chi connectivity index (χ0v) is 14.4. The highest BCUT2D eigenvalue weighted by molar-refractivity contribution is 5.91. The van der Waals surface area contributed by atoms with E-state index < -0.39 is 35.9 Å². The molecule has 26 heavy (non-hydrogen) atoms. The molecule has 0 aliphatic carbocycles. The number of H-pyrrole nitrogens is 1. The number of primary amides is 1. The molecule has 140 valence electrons. The highest BCUT2D eigenvalue weighted by atomic mass is 16.3. The third kappa shape index (κ3) is 4.80. The number of para-hydroxylation sites is 1. The molecule has 8 N–H and O–H groups in total. The summed E-state index contributed by atoms with van der Waals surface area (Å²) >= 11 is 0. The fourth-order valence-electron chi connectivity index (χ4n) is 2.58. The Morgan fingerprint density at radius 1 is 1.27 bits per heavy atom. The van der Waals surface area contributed by atoms with E-state index in [1.807, 2.05) is 24.3 Å². The van der Waals surface area contributed by atoms with Crippen molar-refractivity contribution in [2.75, 3.05) is 6.54 Å². The van der Waals surface area contributed by atoms with Crippen molar-refractivity contribution >= 4 is 28.6 Å². The van der Waals surface area contributed by atoms with E-state index in [2.05, 4.69) is 15.6 Å². The molecule has 0 bridgehead atoms. The van der Waals surface area contributed by atoms with E-state index in [9.17, 15) is 19.5 Å². The first kappa shape index (κ1) is 19.4. The van der Waals surface area contributed by atoms with E-state index in [0.717, 1.165) is 16.5 Å². The average Bonchev–Trinajstić information content (AvgIpc) is 3.00. The van der Waals surface area contributed by atoms with E-state index in [4.69, 9.17) is 11.5 Å². The Hall–Kier alpha value is -2.91. The Morgan fingerprint density at radius 3 is 2.62 bits per heavy atom. The van der Waals surface area contributed by atoms with Gasteiger partial charge in [-0.15, -0.1) is 0 Å². The molecule has 3 amide bonds. The van der Waals surface area contributed by atoms with Crippen molar-refractivity contribution in [1.82, 2.24) is 15.6 Å². The Labute approximate surface area is 150 Å². The number of aliphatic hydroxyl groups excluding tert-OH is 1. The molecule has 9 nitrogen and oxygen atoms in total. The summed E-state index contributed by atoms with van der Waals surface area (Å²) in [4.78, 5) is 38.1. The van der Waals surface area contributed by atoms with Gasteiger partial charge in [-0.25, -0.2) is 0 Å². The molecule has 0 spiro atoms. The molecular formula is C17H23N5O4. The zero-order valence-electron chi connectivity index (χ0n) is 14.4. The van der Waals surface area contributed by atoms with E-state index in [-0.39, 0.29) is 6.54 Å². The maximum absolute atomic E-state index is 12.1. The lowest BCUT2D eigenvalue weighted by molar-refractivity contribution is -0.130. The number of hydrogen-bond donors (Lipinski definition) is 6. The van der Waals surface area contributed by atoms with Gasteiger partial charge in [0.2, 0.25) is 17.7 Å². The fourth-order valence-corrected chi connectivity index (χ4v) is 2.58. The molecular weight excluding hydrogens is 338 g/mol. The van der Waals surface area contributed by atoms with Crippen LogP contribution in [0.1, 0.15) is 12.5 Å². The van der Waals surface area contributed by atoms with Crippen LogP contribution >= 0.6 is 0 Å². The molecule has 0 fully saturated rings. The molecule has 3 atom stereocenters. The monoisotopic (exact) mass is 361 g/mol. The Balaban J connectivity index is 1.87. The third-order valence-corrected chi connectivity index (χ3v) is 3.98. The summed E-state index contributed by atoms with van der Waals surface area (Å²) in [6.45, 7) is 0.947. The fraction of sp³-hybridized carbons (Fsp3) is 0.353. The van der Waals surface area contributed by atoms with Crippen LogP contribution in [0, 0.1) is 0 Å². The first-order chi connectivity index (χ1) is 12.3. The molecule has 0 saturated carbocycles. The van der Waals surface area contributed by atoms with Gasteiger partial charge in [-0.2, -0.15) is 0 Å². The molecule has 0 aliphatic rings. The Morgan fingerprint density at radius 2 is 1.96 bits per heavy atom. The van der Waals surface area contributed by atoms with Gasteiger partial charge in [0, 0.05) is 17.1 Å². The lowest BCUT2D eigenvalue weighted by Crippen LogP contribution is -2.53. The third-order valence-electron chi connectivity index (χ3n) is 3.98. The second-order valence-electron chi connectivity index (χ2n) is 6.08. The first-order valence-corrected chi connectivity index (χ1v) is 8.14. The SMILES string of the molecule is C[C@@H](O)[C@H](NC(=O)CNC(=O)[C@@H](N)Cc1c[nH]c2ccccc12)C(N)=O. The van der Waals surface area contributed by atoms with Gasteiger partial charge in [0.1, 0.15) is 6.04 Å². The van der Waals surface area contributed by atoms with Crippen molar-refractivity contribution in [1.29, 1.82) is 0 Å². The first-order valence-electron chi connectivity index (χ1n) is 8.14. The summed E-state index contributed by atoms with van der Waals surface area (Å²) in [7, 11) is 0. The summed E-state index contributed by atoms with van der Waals surface area (Å²) in [5, 5.41) is 15.0. The van der Waals surface area contributed by atoms with Crippen molar-refractivity contribution in [3.8, 4) is 0 Å². The minimum atomic E-state index is -1.22. The van der Waals surface area contributed by atoms with Crippen LogP contribution in [0.25, 0.3) is 10.9 Å². The second-order valence-corrected chi connectivity index (χ2v) is 6.08. The van der Waals surface area contributed by atoms with Crippen molar-refractivity contribution in [3.05, 3.63) is 36.0 Å². The molecule has 2 rings (SSSR count). The number of aromatic nitrogens is 1. The molecule has 9 heteroatoms. The smallest absolute Gasteiger partial charge is 0.242 e. The van der Waals surface area contributed by atoms with Crippen molar-refractivity contribution in [2.45, 2.75) is 31.5 Å².